The van der Waals surface area contributed by atoms with Crippen LogP contribution in [0.25, 0.3) is 0 Å². The highest BCUT2D eigenvalue weighted by molar-refractivity contribution is 9.11. The van der Waals surface area contributed by atoms with Gasteiger partial charge in [-0.05, 0) is 48.3 Å². The first-order chi connectivity index (χ1) is 8.31. The predicted octanol–water partition coefficient (Wildman–Crippen LogP) is 2.67. The quantitative estimate of drug-likeness (QED) is 0.841. The monoisotopic (exact) mass is 333 g/mol. The van der Waals surface area contributed by atoms with E-state index in [0.717, 1.165) is 10.2 Å². The highest BCUT2D eigenvalue weighted by atomic mass is 79.9. The van der Waals surface area contributed by atoms with Crippen LogP contribution in [-0.2, 0) is 16.0 Å². The molecule has 0 saturated heterocycles. The highest BCUT2D eigenvalue weighted by Gasteiger charge is 2.29. The summed E-state index contributed by atoms with van der Waals surface area (Å²) in [5.41, 5.74) is -1.02. The molecular formula is C12H16BrNO3S. The van der Waals surface area contributed by atoms with Gasteiger partial charge in [-0.3, -0.25) is 9.59 Å². The summed E-state index contributed by atoms with van der Waals surface area (Å²) in [6, 6.07) is 3.97. The Bertz CT molecular complexity index is 442. The number of hydrogen-bond acceptors (Lipinski definition) is 3. The van der Waals surface area contributed by atoms with Gasteiger partial charge in [0, 0.05) is 17.8 Å². The van der Waals surface area contributed by atoms with E-state index in [0.29, 0.717) is 6.54 Å². The maximum atomic E-state index is 11.6. The number of amides is 1. The molecule has 0 atom stereocenters. The SMILES string of the molecule is CC(C)(CC(=O)NCCc1ccc(Br)s1)C(=O)O. The third kappa shape index (κ3) is 4.78. The van der Waals surface area contributed by atoms with Gasteiger partial charge in [-0.2, -0.15) is 0 Å². The molecule has 0 unspecified atom stereocenters. The summed E-state index contributed by atoms with van der Waals surface area (Å²) in [5.74, 6) is -1.18. The van der Waals surface area contributed by atoms with E-state index in [-0.39, 0.29) is 12.3 Å². The van der Waals surface area contributed by atoms with E-state index < -0.39 is 11.4 Å². The lowest BCUT2D eigenvalue weighted by molar-refractivity contribution is -0.149. The van der Waals surface area contributed by atoms with Crippen LogP contribution in [0.5, 0.6) is 0 Å². The van der Waals surface area contributed by atoms with Crippen molar-refractivity contribution in [2.45, 2.75) is 26.7 Å². The smallest absolute Gasteiger partial charge is 0.309 e. The Morgan fingerprint density at radius 1 is 1.44 bits per heavy atom. The van der Waals surface area contributed by atoms with Gasteiger partial charge in [0.15, 0.2) is 0 Å². The molecule has 0 spiro atoms. The van der Waals surface area contributed by atoms with E-state index in [1.807, 2.05) is 12.1 Å². The normalized spacial score (nSPS) is 11.3. The standard InChI is InChI=1S/C12H16BrNO3S/c1-12(2,11(16)17)7-10(15)14-6-5-8-3-4-9(13)18-8/h3-4H,5-7H2,1-2H3,(H,14,15)(H,16,17). The largest absolute Gasteiger partial charge is 0.481 e. The first-order valence-corrected chi connectivity index (χ1v) is 7.16. The second-order valence-electron chi connectivity index (χ2n) is 4.67. The van der Waals surface area contributed by atoms with Gasteiger partial charge in [0.2, 0.25) is 5.91 Å². The van der Waals surface area contributed by atoms with E-state index in [9.17, 15) is 9.59 Å². The summed E-state index contributed by atoms with van der Waals surface area (Å²) in [4.78, 5) is 23.6. The molecule has 0 bridgehead atoms. The summed E-state index contributed by atoms with van der Waals surface area (Å²) in [7, 11) is 0. The number of aliphatic carboxylic acids is 1. The van der Waals surface area contributed by atoms with E-state index >= 15 is 0 Å². The van der Waals surface area contributed by atoms with Crippen molar-refractivity contribution in [1.82, 2.24) is 5.32 Å². The zero-order chi connectivity index (χ0) is 13.8. The molecule has 0 saturated carbocycles. The fourth-order valence-electron chi connectivity index (χ4n) is 1.35. The van der Waals surface area contributed by atoms with Gasteiger partial charge < -0.3 is 10.4 Å². The number of nitrogens with one attached hydrogen (secondary N) is 1. The number of carbonyl (C=O) groups excluding carboxylic acids is 1. The third-order valence-corrected chi connectivity index (χ3v) is 4.19. The van der Waals surface area contributed by atoms with Crippen molar-refractivity contribution in [1.29, 1.82) is 0 Å². The minimum Gasteiger partial charge on any atom is -0.481 e. The van der Waals surface area contributed by atoms with Gasteiger partial charge in [0.25, 0.3) is 0 Å². The van der Waals surface area contributed by atoms with Gasteiger partial charge in [-0.1, -0.05) is 0 Å². The van der Waals surface area contributed by atoms with Crippen LogP contribution in [0.3, 0.4) is 0 Å². The Balaban J connectivity index is 2.32. The summed E-state index contributed by atoms with van der Waals surface area (Å²) >= 11 is 5.00. The fourth-order valence-corrected chi connectivity index (χ4v) is 2.83. The van der Waals surface area contributed by atoms with Gasteiger partial charge in [-0.25, -0.2) is 0 Å². The molecule has 0 aliphatic rings. The van der Waals surface area contributed by atoms with Crippen molar-refractivity contribution in [2.24, 2.45) is 5.41 Å². The Labute approximate surface area is 119 Å². The topological polar surface area (TPSA) is 66.4 Å². The molecule has 0 fully saturated rings. The molecule has 1 heterocycles. The first-order valence-electron chi connectivity index (χ1n) is 5.55. The number of carbonyl (C=O) groups is 2. The van der Waals surface area contributed by atoms with Crippen LogP contribution in [0, 0.1) is 5.41 Å². The minimum atomic E-state index is -1.02. The molecule has 2 N–H and O–H groups in total. The molecule has 4 nitrogen and oxygen atoms in total. The number of rotatable bonds is 6. The van der Waals surface area contributed by atoms with Gasteiger partial charge in [0.05, 0.1) is 9.20 Å². The second-order valence-corrected chi connectivity index (χ2v) is 7.22. The number of carboxylic acid groups (broad SMARTS) is 1. The maximum Gasteiger partial charge on any atom is 0.309 e. The van der Waals surface area contributed by atoms with E-state index in [1.165, 1.54) is 4.88 Å². The Kier molecular flexibility index (Phi) is 5.34. The van der Waals surface area contributed by atoms with Crippen molar-refractivity contribution in [2.75, 3.05) is 6.54 Å². The van der Waals surface area contributed by atoms with Crippen LogP contribution in [0.1, 0.15) is 25.1 Å². The average Bonchev–Trinajstić information content (AvgIpc) is 2.63. The lowest BCUT2D eigenvalue weighted by Gasteiger charge is -2.18. The fraction of sp³-hybridized carbons (Fsp3) is 0.500. The Hall–Kier alpha value is -0.880. The lowest BCUT2D eigenvalue weighted by atomic mass is 9.89. The number of carboxylic acids is 1. The van der Waals surface area contributed by atoms with Crippen molar-refractivity contribution in [3.05, 3.63) is 20.8 Å². The van der Waals surface area contributed by atoms with Crippen LogP contribution in [-0.4, -0.2) is 23.5 Å². The molecule has 0 aliphatic heterocycles. The molecule has 18 heavy (non-hydrogen) atoms. The predicted molar refractivity (Wildman–Crippen MR) is 74.8 cm³/mol. The zero-order valence-corrected chi connectivity index (χ0v) is 12.7. The van der Waals surface area contributed by atoms with Crippen LogP contribution < -0.4 is 5.32 Å². The molecule has 1 rings (SSSR count). The van der Waals surface area contributed by atoms with Crippen molar-refractivity contribution < 1.29 is 14.7 Å². The van der Waals surface area contributed by atoms with Crippen molar-refractivity contribution >= 4 is 39.1 Å². The molecule has 6 heteroatoms. The lowest BCUT2D eigenvalue weighted by Crippen LogP contribution is -2.34. The second kappa shape index (κ2) is 6.33. The molecule has 0 aliphatic carbocycles. The molecule has 0 radical (unpaired) electrons. The molecular weight excluding hydrogens is 318 g/mol. The summed E-state index contributed by atoms with van der Waals surface area (Å²) < 4.78 is 1.07. The van der Waals surface area contributed by atoms with Crippen LogP contribution >= 0.6 is 27.3 Å². The maximum absolute atomic E-state index is 11.6. The third-order valence-electron chi connectivity index (χ3n) is 2.50. The summed E-state index contributed by atoms with van der Waals surface area (Å²) in [6.07, 6.45) is 0.756. The van der Waals surface area contributed by atoms with Crippen LogP contribution in [0.15, 0.2) is 15.9 Å². The van der Waals surface area contributed by atoms with Crippen LogP contribution in [0.4, 0.5) is 0 Å². The van der Waals surface area contributed by atoms with Gasteiger partial charge in [-0.15, -0.1) is 11.3 Å². The number of thiophene rings is 1. The minimum absolute atomic E-state index is 0.00350. The molecule has 1 amide bonds. The van der Waals surface area contributed by atoms with E-state index in [2.05, 4.69) is 21.2 Å². The van der Waals surface area contributed by atoms with Crippen molar-refractivity contribution in [3.8, 4) is 0 Å². The van der Waals surface area contributed by atoms with Gasteiger partial charge >= 0.3 is 5.97 Å². The molecule has 1 aromatic heterocycles. The van der Waals surface area contributed by atoms with Crippen LogP contribution in [0.2, 0.25) is 0 Å². The molecule has 100 valence electrons. The van der Waals surface area contributed by atoms with E-state index in [4.69, 9.17) is 5.11 Å². The Morgan fingerprint density at radius 2 is 2.11 bits per heavy atom. The average molecular weight is 334 g/mol. The zero-order valence-electron chi connectivity index (χ0n) is 10.3. The number of hydrogen-bond donors (Lipinski definition) is 2. The molecule has 0 aromatic carbocycles. The number of halogens is 1. The van der Waals surface area contributed by atoms with Crippen molar-refractivity contribution in [3.63, 3.8) is 0 Å². The summed E-state index contributed by atoms with van der Waals surface area (Å²) in [6.45, 7) is 3.62. The van der Waals surface area contributed by atoms with E-state index in [1.54, 1.807) is 25.2 Å². The molecule has 1 aromatic rings. The Morgan fingerprint density at radius 3 is 2.61 bits per heavy atom. The summed E-state index contributed by atoms with van der Waals surface area (Å²) in [5, 5.41) is 11.7. The van der Waals surface area contributed by atoms with Gasteiger partial charge in [0.1, 0.15) is 0 Å². The highest BCUT2D eigenvalue weighted by Crippen LogP contribution is 2.22. The first kappa shape index (κ1) is 15.2.